The summed E-state index contributed by atoms with van der Waals surface area (Å²) in [5.41, 5.74) is 0.989. The lowest BCUT2D eigenvalue weighted by atomic mass is 10.1. The molecule has 0 bridgehead atoms. The number of sulfonamides is 1. The number of nitrogens with zero attached hydrogens (tertiary/aromatic N) is 2. The predicted molar refractivity (Wildman–Crippen MR) is 82.4 cm³/mol. The van der Waals surface area contributed by atoms with Crippen LogP contribution in [0.15, 0.2) is 30.3 Å². The molecule has 6 heteroatoms. The molecule has 1 heterocycles. The highest BCUT2D eigenvalue weighted by Crippen LogP contribution is 2.11. The number of carbonyl (C=O) groups excluding carboxylic acids is 1. The fourth-order valence-electron chi connectivity index (χ4n) is 2.49. The summed E-state index contributed by atoms with van der Waals surface area (Å²) in [6, 6.07) is 9.61. The summed E-state index contributed by atoms with van der Waals surface area (Å²) in [7, 11) is -3.15. The zero-order chi connectivity index (χ0) is 15.3. The summed E-state index contributed by atoms with van der Waals surface area (Å²) in [4.78, 5) is 14.0. The van der Waals surface area contributed by atoms with Crippen LogP contribution in [0.5, 0.6) is 0 Å². The van der Waals surface area contributed by atoms with Crippen molar-refractivity contribution in [2.45, 2.75) is 19.8 Å². The van der Waals surface area contributed by atoms with E-state index in [4.69, 9.17) is 0 Å². The Labute approximate surface area is 126 Å². The lowest BCUT2D eigenvalue weighted by molar-refractivity contribution is -0.131. The van der Waals surface area contributed by atoms with E-state index in [0.29, 0.717) is 39.0 Å². The Kier molecular flexibility index (Phi) is 5.36. The number of rotatable bonds is 5. The largest absolute Gasteiger partial charge is 0.340 e. The molecule has 1 fully saturated rings. The van der Waals surface area contributed by atoms with E-state index in [9.17, 15) is 13.2 Å². The highest BCUT2D eigenvalue weighted by molar-refractivity contribution is 7.89. The van der Waals surface area contributed by atoms with Gasteiger partial charge in [-0.15, -0.1) is 0 Å². The Morgan fingerprint density at radius 2 is 1.71 bits per heavy atom. The van der Waals surface area contributed by atoms with Crippen LogP contribution in [0.3, 0.4) is 0 Å². The van der Waals surface area contributed by atoms with Gasteiger partial charge in [0.2, 0.25) is 15.9 Å². The van der Waals surface area contributed by atoms with E-state index >= 15 is 0 Å². The fraction of sp³-hybridized carbons (Fsp3) is 0.533. The molecule has 1 aliphatic rings. The number of benzene rings is 1. The summed E-state index contributed by atoms with van der Waals surface area (Å²) < 4.78 is 25.5. The first-order valence-corrected chi connectivity index (χ1v) is 8.93. The Balaban J connectivity index is 1.88. The van der Waals surface area contributed by atoms with Crippen molar-refractivity contribution in [1.82, 2.24) is 9.21 Å². The van der Waals surface area contributed by atoms with Gasteiger partial charge >= 0.3 is 0 Å². The molecule has 116 valence electrons. The Morgan fingerprint density at radius 1 is 1.10 bits per heavy atom. The third kappa shape index (κ3) is 4.28. The van der Waals surface area contributed by atoms with Crippen LogP contribution in [0.1, 0.15) is 18.9 Å². The van der Waals surface area contributed by atoms with Gasteiger partial charge in [-0.05, 0) is 12.0 Å². The zero-order valence-corrected chi connectivity index (χ0v) is 13.2. The van der Waals surface area contributed by atoms with E-state index in [0.717, 1.165) is 5.56 Å². The van der Waals surface area contributed by atoms with Crippen LogP contribution in [0, 0.1) is 0 Å². The minimum absolute atomic E-state index is 0.0636. The van der Waals surface area contributed by atoms with Gasteiger partial charge in [-0.25, -0.2) is 8.42 Å². The molecule has 2 rings (SSSR count). The van der Waals surface area contributed by atoms with E-state index in [1.54, 1.807) is 4.90 Å². The summed E-state index contributed by atoms with van der Waals surface area (Å²) in [5, 5.41) is 0. The molecule has 1 aliphatic heterocycles. The normalized spacial score (nSPS) is 16.9. The first-order valence-electron chi connectivity index (χ1n) is 7.32. The Hall–Kier alpha value is -1.40. The number of hydrogen-bond acceptors (Lipinski definition) is 3. The number of hydrogen-bond donors (Lipinski definition) is 0. The third-order valence-electron chi connectivity index (χ3n) is 3.64. The van der Waals surface area contributed by atoms with Gasteiger partial charge in [0.15, 0.2) is 0 Å². The van der Waals surface area contributed by atoms with Gasteiger partial charge < -0.3 is 4.90 Å². The maximum atomic E-state index is 12.2. The lowest BCUT2D eigenvalue weighted by Crippen LogP contribution is -2.51. The summed E-state index contributed by atoms with van der Waals surface area (Å²) in [5.74, 6) is 0.249. The standard InChI is InChI=1S/C15H22N2O3S/c1-2-12-21(19,20)17-10-8-16(9-11-17)15(18)13-14-6-4-3-5-7-14/h3-7H,2,8-13H2,1H3. The SMILES string of the molecule is CCCS(=O)(=O)N1CCN(C(=O)Cc2ccccc2)CC1. The van der Waals surface area contributed by atoms with E-state index in [1.165, 1.54) is 4.31 Å². The predicted octanol–water partition coefficient (Wildman–Crippen LogP) is 1.11. The zero-order valence-electron chi connectivity index (χ0n) is 12.4. The van der Waals surface area contributed by atoms with Crippen molar-refractivity contribution in [3.05, 3.63) is 35.9 Å². The molecule has 0 N–H and O–H groups in total. The smallest absolute Gasteiger partial charge is 0.227 e. The number of carbonyl (C=O) groups is 1. The Bertz CT molecular complexity index is 564. The van der Waals surface area contributed by atoms with Gasteiger partial charge in [-0.1, -0.05) is 37.3 Å². The molecule has 1 aromatic carbocycles. The van der Waals surface area contributed by atoms with Crippen LogP contribution >= 0.6 is 0 Å². The quantitative estimate of drug-likeness (QED) is 0.819. The molecule has 21 heavy (non-hydrogen) atoms. The second kappa shape index (κ2) is 7.04. The third-order valence-corrected chi connectivity index (χ3v) is 5.72. The molecular weight excluding hydrogens is 288 g/mol. The van der Waals surface area contributed by atoms with Crippen molar-refractivity contribution in [3.63, 3.8) is 0 Å². The second-order valence-corrected chi connectivity index (χ2v) is 7.35. The Morgan fingerprint density at radius 3 is 2.29 bits per heavy atom. The highest BCUT2D eigenvalue weighted by atomic mass is 32.2. The molecule has 0 saturated carbocycles. The second-order valence-electron chi connectivity index (χ2n) is 5.26. The molecule has 1 aromatic rings. The van der Waals surface area contributed by atoms with E-state index in [-0.39, 0.29) is 11.7 Å². The minimum atomic E-state index is -3.15. The van der Waals surface area contributed by atoms with Gasteiger partial charge in [0.1, 0.15) is 0 Å². The van der Waals surface area contributed by atoms with Gasteiger partial charge in [0.05, 0.1) is 12.2 Å². The lowest BCUT2D eigenvalue weighted by Gasteiger charge is -2.34. The van der Waals surface area contributed by atoms with Crippen molar-refractivity contribution in [3.8, 4) is 0 Å². The topological polar surface area (TPSA) is 57.7 Å². The molecule has 1 amide bonds. The van der Waals surface area contributed by atoms with Crippen LogP contribution in [-0.2, 0) is 21.2 Å². The van der Waals surface area contributed by atoms with Crippen molar-refractivity contribution in [1.29, 1.82) is 0 Å². The van der Waals surface area contributed by atoms with Crippen LogP contribution in [-0.4, -0.2) is 55.5 Å². The summed E-state index contributed by atoms with van der Waals surface area (Å²) in [6.45, 7) is 3.63. The molecule has 0 atom stereocenters. The van der Waals surface area contributed by atoms with Crippen molar-refractivity contribution in [2.24, 2.45) is 0 Å². The first-order chi connectivity index (χ1) is 10.0. The number of amides is 1. The van der Waals surface area contributed by atoms with Gasteiger partial charge in [-0.2, -0.15) is 4.31 Å². The molecule has 1 saturated heterocycles. The van der Waals surface area contributed by atoms with Gasteiger partial charge in [0.25, 0.3) is 0 Å². The van der Waals surface area contributed by atoms with Crippen LogP contribution in [0.25, 0.3) is 0 Å². The van der Waals surface area contributed by atoms with Crippen LogP contribution < -0.4 is 0 Å². The maximum absolute atomic E-state index is 12.2. The average molecular weight is 310 g/mol. The summed E-state index contributed by atoms with van der Waals surface area (Å²) in [6.07, 6.45) is 0.998. The fourth-order valence-corrected chi connectivity index (χ4v) is 3.98. The molecule has 5 nitrogen and oxygen atoms in total. The van der Waals surface area contributed by atoms with Gasteiger partial charge in [-0.3, -0.25) is 4.79 Å². The highest BCUT2D eigenvalue weighted by Gasteiger charge is 2.27. The molecule has 0 aliphatic carbocycles. The minimum Gasteiger partial charge on any atom is -0.340 e. The van der Waals surface area contributed by atoms with Crippen LogP contribution in [0.4, 0.5) is 0 Å². The molecule has 0 radical (unpaired) electrons. The number of piperazine rings is 1. The monoisotopic (exact) mass is 310 g/mol. The van der Waals surface area contributed by atoms with E-state index < -0.39 is 10.0 Å². The van der Waals surface area contributed by atoms with Crippen molar-refractivity contribution in [2.75, 3.05) is 31.9 Å². The van der Waals surface area contributed by atoms with Crippen LogP contribution in [0.2, 0.25) is 0 Å². The molecule has 0 aromatic heterocycles. The maximum Gasteiger partial charge on any atom is 0.227 e. The van der Waals surface area contributed by atoms with Crippen molar-refractivity contribution >= 4 is 15.9 Å². The molecule has 0 unspecified atom stereocenters. The average Bonchev–Trinajstić information content (AvgIpc) is 2.48. The first kappa shape index (κ1) is 16.0. The van der Waals surface area contributed by atoms with Gasteiger partial charge in [0, 0.05) is 26.2 Å². The van der Waals surface area contributed by atoms with Crippen molar-refractivity contribution < 1.29 is 13.2 Å². The van der Waals surface area contributed by atoms with E-state index in [1.807, 2.05) is 37.3 Å². The molecule has 0 spiro atoms. The summed E-state index contributed by atoms with van der Waals surface area (Å²) >= 11 is 0. The molecular formula is C15H22N2O3S. The van der Waals surface area contributed by atoms with E-state index in [2.05, 4.69) is 0 Å².